The second-order valence-corrected chi connectivity index (χ2v) is 4.50. The maximum Gasteiger partial charge on any atom is 0.417 e. The summed E-state index contributed by atoms with van der Waals surface area (Å²) in [5.74, 6) is -0.725. The normalized spacial score (nSPS) is 15.3. The first kappa shape index (κ1) is 14.3. The topological polar surface area (TPSA) is 46.2 Å². The molecule has 105 valence electrons. The van der Waals surface area contributed by atoms with Gasteiger partial charge in [-0.3, -0.25) is 9.59 Å². The van der Waals surface area contributed by atoms with Crippen LogP contribution in [-0.4, -0.2) is 18.2 Å². The molecule has 2 rings (SSSR count). The van der Waals surface area contributed by atoms with E-state index < -0.39 is 23.2 Å². The van der Waals surface area contributed by atoms with Crippen molar-refractivity contribution in [3.05, 3.63) is 41.0 Å². The highest BCUT2D eigenvalue weighted by molar-refractivity contribution is 5.96. The highest BCUT2D eigenvalue weighted by atomic mass is 19.4. The van der Waals surface area contributed by atoms with Gasteiger partial charge >= 0.3 is 6.18 Å². The van der Waals surface area contributed by atoms with E-state index in [9.17, 15) is 22.8 Å². The lowest BCUT2D eigenvalue weighted by atomic mass is 10.0. The summed E-state index contributed by atoms with van der Waals surface area (Å²) in [6, 6.07) is 3.29. The largest absolute Gasteiger partial charge is 0.417 e. The monoisotopic (exact) mass is 282 g/mol. The van der Waals surface area contributed by atoms with Gasteiger partial charge in [0, 0.05) is 6.04 Å². The minimum Gasteiger partial charge on any atom is -0.349 e. The van der Waals surface area contributed by atoms with Gasteiger partial charge in [-0.1, -0.05) is 12.1 Å². The number of halogens is 3. The van der Waals surface area contributed by atoms with Crippen molar-refractivity contribution >= 4 is 18.3 Å². The van der Waals surface area contributed by atoms with Crippen molar-refractivity contribution in [3.63, 3.8) is 0 Å². The molecular weight excluding hydrogens is 271 g/mol. The minimum atomic E-state index is -4.63. The predicted molar refractivity (Wildman–Crippen MR) is 66.7 cm³/mol. The molecule has 0 aromatic heterocycles. The average molecular weight is 282 g/mol. The molecule has 1 aliphatic carbocycles. The van der Waals surface area contributed by atoms with Crippen molar-refractivity contribution in [3.8, 4) is 0 Å². The van der Waals surface area contributed by atoms with Crippen LogP contribution in [0.3, 0.4) is 0 Å². The van der Waals surface area contributed by atoms with Gasteiger partial charge in [-0.2, -0.15) is 13.2 Å². The molecule has 0 bridgehead atoms. The minimum absolute atomic E-state index is 0.0205. The molecule has 0 aliphatic heterocycles. The maximum absolute atomic E-state index is 13.0. The Hall–Kier alpha value is -2.11. The van der Waals surface area contributed by atoms with Crippen molar-refractivity contribution in [2.45, 2.75) is 25.1 Å². The third-order valence-electron chi connectivity index (χ3n) is 2.85. The Morgan fingerprint density at radius 1 is 1.35 bits per heavy atom. The van der Waals surface area contributed by atoms with Gasteiger partial charge in [-0.15, -0.1) is 0 Å². The van der Waals surface area contributed by atoms with Gasteiger partial charge < -0.3 is 5.32 Å². The molecule has 20 heavy (non-hydrogen) atoms. The molecule has 0 spiro atoms. The second-order valence-electron chi connectivity index (χ2n) is 4.50. The molecule has 3 nitrogen and oxygen atoms in total. The van der Waals surface area contributed by atoms with E-state index in [1.54, 1.807) is 0 Å². The zero-order valence-electron chi connectivity index (χ0n) is 10.3. The number of rotatable bonds is 4. The van der Waals surface area contributed by atoms with E-state index in [-0.39, 0.29) is 11.6 Å². The number of benzene rings is 1. The average Bonchev–Trinajstić information content (AvgIpc) is 3.18. The van der Waals surface area contributed by atoms with Gasteiger partial charge in [0.15, 0.2) is 0 Å². The third-order valence-corrected chi connectivity index (χ3v) is 2.85. The fraction of sp³-hybridized carbons (Fsp3) is 0.286. The Morgan fingerprint density at radius 3 is 2.60 bits per heavy atom. The van der Waals surface area contributed by atoms with Crippen LogP contribution in [0.25, 0.3) is 6.08 Å². The van der Waals surface area contributed by atoms with Crippen LogP contribution in [0.2, 0.25) is 0 Å². The van der Waals surface area contributed by atoms with Crippen molar-refractivity contribution < 1.29 is 22.8 Å². The van der Waals surface area contributed by atoms with Gasteiger partial charge in [0.25, 0.3) is 5.91 Å². The molecule has 0 saturated heterocycles. The van der Waals surface area contributed by atoms with Crippen molar-refractivity contribution in [2.75, 3.05) is 0 Å². The summed E-state index contributed by atoms with van der Waals surface area (Å²) in [7, 11) is 0. The van der Waals surface area contributed by atoms with Gasteiger partial charge in [-0.25, -0.2) is 0 Å². The van der Waals surface area contributed by atoms with E-state index in [0.717, 1.165) is 31.1 Å². The van der Waals surface area contributed by atoms with Gasteiger partial charge in [0.1, 0.15) is 0 Å². The Kier molecular flexibility index (Phi) is 3.92. The Morgan fingerprint density at radius 2 is 2.05 bits per heavy atom. The Bertz CT molecular complexity index is 560. The number of amides is 1. The van der Waals surface area contributed by atoms with Gasteiger partial charge in [0.2, 0.25) is 6.29 Å². The van der Waals surface area contributed by atoms with Crippen LogP contribution in [0.1, 0.15) is 34.3 Å². The standard InChI is InChI=1S/C14H11F3NO2/c15-14(16,17)12-8-9(2-1-7-19)3-6-11(12)13(20)18-10-4-5-10/h1-3,6,8,10H,4-5H2,(H,18,20)/b2-1+. The molecule has 1 aliphatic rings. The highest BCUT2D eigenvalue weighted by Gasteiger charge is 2.36. The van der Waals surface area contributed by atoms with Gasteiger partial charge in [0.05, 0.1) is 11.1 Å². The molecule has 1 saturated carbocycles. The molecule has 0 atom stereocenters. The molecule has 1 aromatic carbocycles. The van der Waals surface area contributed by atoms with Crippen molar-refractivity contribution in [1.82, 2.24) is 5.32 Å². The second kappa shape index (κ2) is 5.48. The summed E-state index contributed by atoms with van der Waals surface area (Å²) in [5.41, 5.74) is -1.23. The van der Waals surface area contributed by atoms with E-state index in [1.165, 1.54) is 18.4 Å². The smallest absolute Gasteiger partial charge is 0.349 e. The molecule has 1 N–H and O–H groups in total. The van der Waals surface area contributed by atoms with Crippen molar-refractivity contribution in [2.24, 2.45) is 0 Å². The lowest BCUT2D eigenvalue weighted by Crippen LogP contribution is -2.28. The SMILES string of the molecule is O=[C]/C=C/c1ccc(C(=O)NC2CC2)c(C(F)(F)F)c1. The number of hydrogen-bond acceptors (Lipinski definition) is 2. The third kappa shape index (κ3) is 3.46. The van der Waals surface area contributed by atoms with Crippen LogP contribution >= 0.6 is 0 Å². The zero-order chi connectivity index (χ0) is 14.8. The Balaban J connectivity index is 2.36. The molecule has 1 fully saturated rings. The van der Waals surface area contributed by atoms with Gasteiger partial charge in [-0.05, 0) is 36.6 Å². The number of nitrogens with one attached hydrogen (secondary N) is 1. The lowest BCUT2D eigenvalue weighted by Gasteiger charge is -2.13. The Labute approximate surface area is 113 Å². The van der Waals surface area contributed by atoms with E-state index >= 15 is 0 Å². The molecule has 1 radical (unpaired) electrons. The number of alkyl halides is 3. The maximum atomic E-state index is 13.0. The molecule has 1 aromatic rings. The van der Waals surface area contributed by atoms with Crippen LogP contribution < -0.4 is 5.32 Å². The first-order chi connectivity index (χ1) is 9.41. The first-order valence-electron chi connectivity index (χ1n) is 5.98. The quantitative estimate of drug-likeness (QED) is 0.863. The van der Waals surface area contributed by atoms with E-state index in [0.29, 0.717) is 0 Å². The van der Waals surface area contributed by atoms with Crippen LogP contribution in [0, 0.1) is 0 Å². The highest BCUT2D eigenvalue weighted by Crippen LogP contribution is 2.33. The zero-order valence-corrected chi connectivity index (χ0v) is 10.3. The van der Waals surface area contributed by atoms with Crippen LogP contribution in [-0.2, 0) is 11.0 Å². The number of carbonyl (C=O) groups excluding carboxylic acids is 2. The fourth-order valence-electron chi connectivity index (χ4n) is 1.72. The molecular formula is C14H11F3NO2. The predicted octanol–water partition coefficient (Wildman–Crippen LogP) is 2.72. The van der Waals surface area contributed by atoms with E-state index in [2.05, 4.69) is 5.32 Å². The summed E-state index contributed by atoms with van der Waals surface area (Å²) in [6.45, 7) is 0. The molecule has 1 amide bonds. The van der Waals surface area contributed by atoms with E-state index in [4.69, 9.17) is 0 Å². The van der Waals surface area contributed by atoms with Crippen LogP contribution in [0.5, 0.6) is 0 Å². The summed E-state index contributed by atoms with van der Waals surface area (Å²) in [4.78, 5) is 21.9. The van der Waals surface area contributed by atoms with E-state index in [1.807, 2.05) is 0 Å². The van der Waals surface area contributed by atoms with Crippen LogP contribution in [0.4, 0.5) is 13.2 Å². The number of hydrogen-bond donors (Lipinski definition) is 1. The summed E-state index contributed by atoms with van der Waals surface area (Å²) >= 11 is 0. The first-order valence-corrected chi connectivity index (χ1v) is 5.98. The molecule has 0 heterocycles. The molecule has 6 heteroatoms. The van der Waals surface area contributed by atoms with Crippen LogP contribution in [0.15, 0.2) is 24.3 Å². The number of allylic oxidation sites excluding steroid dienone is 1. The lowest BCUT2D eigenvalue weighted by molar-refractivity contribution is -0.137. The molecule has 0 unspecified atom stereocenters. The fourth-order valence-corrected chi connectivity index (χ4v) is 1.72. The summed E-state index contributed by atoms with van der Waals surface area (Å²) in [6.07, 6.45) is 0.581. The van der Waals surface area contributed by atoms with Crippen molar-refractivity contribution in [1.29, 1.82) is 0 Å². The summed E-state index contributed by atoms with van der Waals surface area (Å²) in [5, 5.41) is 2.53. The number of carbonyl (C=O) groups is 1. The summed E-state index contributed by atoms with van der Waals surface area (Å²) < 4.78 is 38.9.